The SMILES string of the molecule is CC(C)(C)Cc1ccc(CC2(N)CC2)cc1. The van der Waals surface area contributed by atoms with Crippen molar-refractivity contribution in [1.29, 1.82) is 0 Å². The Morgan fingerprint density at radius 1 is 1.06 bits per heavy atom. The van der Waals surface area contributed by atoms with Crippen LogP contribution in [-0.4, -0.2) is 5.54 Å². The number of benzene rings is 1. The van der Waals surface area contributed by atoms with Crippen molar-refractivity contribution in [2.45, 2.75) is 52.0 Å². The van der Waals surface area contributed by atoms with Crippen LogP contribution in [0.1, 0.15) is 44.7 Å². The lowest BCUT2D eigenvalue weighted by molar-refractivity contribution is 0.411. The average molecular weight is 217 g/mol. The number of hydrogen-bond acceptors (Lipinski definition) is 1. The largest absolute Gasteiger partial charge is 0.325 e. The third kappa shape index (κ3) is 3.34. The van der Waals surface area contributed by atoms with Gasteiger partial charge in [0.1, 0.15) is 0 Å². The second-order valence-corrected chi connectivity index (χ2v) is 6.59. The van der Waals surface area contributed by atoms with Gasteiger partial charge in [0.2, 0.25) is 0 Å². The third-order valence-electron chi connectivity index (χ3n) is 3.21. The maximum Gasteiger partial charge on any atom is 0.0196 e. The Bertz CT molecular complexity index is 326. The summed E-state index contributed by atoms with van der Waals surface area (Å²) < 4.78 is 0. The summed E-state index contributed by atoms with van der Waals surface area (Å²) in [6, 6.07) is 9.00. The molecule has 1 fully saturated rings. The van der Waals surface area contributed by atoms with E-state index in [2.05, 4.69) is 45.0 Å². The Balaban J connectivity index is 1.99. The molecule has 1 nitrogen and oxygen atoms in total. The normalized spacial score (nSPS) is 18.5. The summed E-state index contributed by atoms with van der Waals surface area (Å²) in [6.07, 6.45) is 4.57. The van der Waals surface area contributed by atoms with Gasteiger partial charge >= 0.3 is 0 Å². The first-order valence-electron chi connectivity index (χ1n) is 6.23. The van der Waals surface area contributed by atoms with Crippen LogP contribution in [-0.2, 0) is 12.8 Å². The second kappa shape index (κ2) is 3.89. The Hall–Kier alpha value is -0.820. The van der Waals surface area contributed by atoms with Crippen LogP contribution in [0.5, 0.6) is 0 Å². The summed E-state index contributed by atoms with van der Waals surface area (Å²) in [4.78, 5) is 0. The van der Waals surface area contributed by atoms with Crippen LogP contribution >= 0.6 is 0 Å². The van der Waals surface area contributed by atoms with Crippen molar-refractivity contribution in [2.75, 3.05) is 0 Å². The van der Waals surface area contributed by atoms with Crippen molar-refractivity contribution in [3.8, 4) is 0 Å². The molecule has 0 unspecified atom stereocenters. The van der Waals surface area contributed by atoms with Gasteiger partial charge in [-0.2, -0.15) is 0 Å². The minimum absolute atomic E-state index is 0.130. The van der Waals surface area contributed by atoms with E-state index in [4.69, 9.17) is 5.73 Å². The van der Waals surface area contributed by atoms with Gasteiger partial charge in [-0.3, -0.25) is 0 Å². The average Bonchev–Trinajstić information content (AvgIpc) is 2.85. The lowest BCUT2D eigenvalue weighted by atomic mass is 9.87. The highest BCUT2D eigenvalue weighted by Crippen LogP contribution is 2.35. The molecule has 0 bridgehead atoms. The number of hydrogen-bond donors (Lipinski definition) is 1. The molecule has 0 amide bonds. The Kier molecular flexibility index (Phi) is 2.83. The van der Waals surface area contributed by atoms with E-state index >= 15 is 0 Å². The lowest BCUT2D eigenvalue weighted by Gasteiger charge is -2.18. The molecule has 1 aliphatic rings. The zero-order valence-electron chi connectivity index (χ0n) is 10.7. The molecular formula is C15H23N. The highest BCUT2D eigenvalue weighted by Gasteiger charge is 2.37. The van der Waals surface area contributed by atoms with E-state index in [1.807, 2.05) is 0 Å². The van der Waals surface area contributed by atoms with Crippen LogP contribution < -0.4 is 5.73 Å². The molecule has 88 valence electrons. The van der Waals surface area contributed by atoms with Crippen molar-refractivity contribution in [2.24, 2.45) is 11.1 Å². The third-order valence-corrected chi connectivity index (χ3v) is 3.21. The van der Waals surface area contributed by atoms with E-state index in [-0.39, 0.29) is 5.54 Å². The van der Waals surface area contributed by atoms with Gasteiger partial charge in [0.15, 0.2) is 0 Å². The van der Waals surface area contributed by atoms with Crippen molar-refractivity contribution in [3.05, 3.63) is 35.4 Å². The van der Waals surface area contributed by atoms with E-state index in [0.717, 1.165) is 12.8 Å². The molecule has 16 heavy (non-hydrogen) atoms. The van der Waals surface area contributed by atoms with Crippen LogP contribution in [0.2, 0.25) is 0 Å². The van der Waals surface area contributed by atoms with E-state index < -0.39 is 0 Å². The quantitative estimate of drug-likeness (QED) is 0.826. The zero-order chi connectivity index (χ0) is 11.8. The fourth-order valence-electron chi connectivity index (χ4n) is 2.13. The predicted octanol–water partition coefficient (Wildman–Crippen LogP) is 3.31. The molecule has 0 atom stereocenters. The standard InChI is InChI=1S/C15H23N/c1-14(2,3)10-12-4-6-13(7-5-12)11-15(16)8-9-15/h4-7H,8-11,16H2,1-3H3. The van der Waals surface area contributed by atoms with E-state index in [9.17, 15) is 0 Å². The molecule has 2 rings (SSSR count). The Morgan fingerprint density at radius 2 is 1.56 bits per heavy atom. The molecule has 0 saturated heterocycles. The van der Waals surface area contributed by atoms with Crippen LogP contribution in [0.15, 0.2) is 24.3 Å². The van der Waals surface area contributed by atoms with Gasteiger partial charge in [0, 0.05) is 5.54 Å². The molecule has 1 aliphatic carbocycles. The number of nitrogens with two attached hydrogens (primary N) is 1. The van der Waals surface area contributed by atoms with Crippen molar-refractivity contribution in [3.63, 3.8) is 0 Å². The highest BCUT2D eigenvalue weighted by molar-refractivity contribution is 5.26. The van der Waals surface area contributed by atoms with Crippen molar-refractivity contribution in [1.82, 2.24) is 0 Å². The summed E-state index contributed by atoms with van der Waals surface area (Å²) in [5.74, 6) is 0. The first kappa shape index (κ1) is 11.7. The molecule has 2 N–H and O–H groups in total. The smallest absolute Gasteiger partial charge is 0.0196 e. The maximum absolute atomic E-state index is 6.12. The summed E-state index contributed by atoms with van der Waals surface area (Å²) >= 11 is 0. The van der Waals surface area contributed by atoms with Crippen molar-refractivity contribution < 1.29 is 0 Å². The molecule has 0 radical (unpaired) electrons. The fourth-order valence-corrected chi connectivity index (χ4v) is 2.13. The molecular weight excluding hydrogens is 194 g/mol. The first-order chi connectivity index (χ1) is 7.36. The van der Waals surface area contributed by atoms with Gasteiger partial charge in [0.05, 0.1) is 0 Å². The minimum Gasteiger partial charge on any atom is -0.325 e. The van der Waals surface area contributed by atoms with Gasteiger partial charge in [-0.1, -0.05) is 45.0 Å². The number of rotatable bonds is 3. The summed E-state index contributed by atoms with van der Waals surface area (Å²) in [6.45, 7) is 6.83. The lowest BCUT2D eigenvalue weighted by Crippen LogP contribution is -2.24. The zero-order valence-corrected chi connectivity index (χ0v) is 10.7. The van der Waals surface area contributed by atoms with Crippen molar-refractivity contribution >= 4 is 0 Å². The predicted molar refractivity (Wildman–Crippen MR) is 69.5 cm³/mol. The molecule has 1 aromatic carbocycles. The van der Waals surface area contributed by atoms with Gasteiger partial charge in [-0.05, 0) is 42.2 Å². The van der Waals surface area contributed by atoms with Crippen LogP contribution in [0.4, 0.5) is 0 Å². The Morgan fingerprint density at radius 3 is 2.00 bits per heavy atom. The summed E-state index contributed by atoms with van der Waals surface area (Å²) in [5, 5.41) is 0. The van der Waals surface area contributed by atoms with Crippen LogP contribution in [0.25, 0.3) is 0 Å². The monoisotopic (exact) mass is 217 g/mol. The molecule has 0 aromatic heterocycles. The van der Waals surface area contributed by atoms with E-state index in [0.29, 0.717) is 5.41 Å². The summed E-state index contributed by atoms with van der Waals surface area (Å²) in [7, 11) is 0. The first-order valence-corrected chi connectivity index (χ1v) is 6.23. The van der Waals surface area contributed by atoms with Crippen LogP contribution in [0.3, 0.4) is 0 Å². The van der Waals surface area contributed by atoms with Gasteiger partial charge in [-0.25, -0.2) is 0 Å². The topological polar surface area (TPSA) is 26.0 Å². The molecule has 1 aromatic rings. The highest BCUT2D eigenvalue weighted by atomic mass is 14.8. The van der Waals surface area contributed by atoms with Crippen LogP contribution in [0, 0.1) is 5.41 Å². The molecule has 0 heterocycles. The van der Waals surface area contributed by atoms with Gasteiger partial charge in [0.25, 0.3) is 0 Å². The molecule has 0 aliphatic heterocycles. The molecule has 1 heteroatoms. The maximum atomic E-state index is 6.12. The molecule has 1 saturated carbocycles. The minimum atomic E-state index is 0.130. The van der Waals surface area contributed by atoms with Gasteiger partial charge in [-0.15, -0.1) is 0 Å². The Labute approximate surface area is 99.0 Å². The van der Waals surface area contributed by atoms with Gasteiger partial charge < -0.3 is 5.73 Å². The second-order valence-electron chi connectivity index (χ2n) is 6.59. The summed E-state index contributed by atoms with van der Waals surface area (Å²) in [5.41, 5.74) is 9.43. The van der Waals surface area contributed by atoms with E-state index in [1.165, 1.54) is 24.0 Å². The molecule has 0 spiro atoms. The van der Waals surface area contributed by atoms with E-state index in [1.54, 1.807) is 0 Å². The fraction of sp³-hybridized carbons (Fsp3) is 0.600.